The summed E-state index contributed by atoms with van der Waals surface area (Å²) in [4.78, 5) is 8.29. The fraction of sp³-hybridized carbons (Fsp3) is 0.0769. The lowest BCUT2D eigenvalue weighted by Crippen LogP contribution is -2.22. The van der Waals surface area contributed by atoms with Crippen LogP contribution in [0, 0.1) is 6.92 Å². The lowest BCUT2D eigenvalue weighted by molar-refractivity contribution is 1.22. The van der Waals surface area contributed by atoms with Gasteiger partial charge in [-0.15, -0.1) is 0 Å². The largest absolute Gasteiger partial charge is 0.370 e. The monoisotopic (exact) mass is 226 g/mol. The molecule has 0 aliphatic rings. The quantitative estimate of drug-likeness (QED) is 0.607. The van der Waals surface area contributed by atoms with E-state index in [2.05, 4.69) is 9.98 Å². The van der Waals surface area contributed by atoms with E-state index < -0.39 is 0 Å². The first-order valence-electron chi connectivity index (χ1n) is 5.28. The fourth-order valence-corrected chi connectivity index (χ4v) is 1.60. The van der Waals surface area contributed by atoms with E-state index in [1.165, 1.54) is 0 Å². The predicted molar refractivity (Wildman–Crippen MR) is 69.9 cm³/mol. The first-order valence-corrected chi connectivity index (χ1v) is 5.28. The minimum atomic E-state index is 0.0125. The van der Waals surface area contributed by atoms with Gasteiger partial charge in [-0.25, -0.2) is 4.98 Å². The molecule has 0 unspecified atom stereocenters. The number of rotatable bonds is 2. The van der Waals surface area contributed by atoms with Crippen LogP contribution in [0.4, 0.5) is 5.82 Å². The van der Waals surface area contributed by atoms with E-state index in [4.69, 9.17) is 11.5 Å². The molecule has 0 radical (unpaired) electrons. The van der Waals surface area contributed by atoms with Gasteiger partial charge in [0.05, 0.1) is 0 Å². The number of hydrogen-bond donors (Lipinski definition) is 2. The first-order chi connectivity index (χ1) is 8.16. The minimum absolute atomic E-state index is 0.0125. The summed E-state index contributed by atoms with van der Waals surface area (Å²) in [5.41, 5.74) is 13.8. The molecule has 0 atom stereocenters. The van der Waals surface area contributed by atoms with E-state index in [9.17, 15) is 0 Å². The molecule has 0 spiro atoms. The highest BCUT2D eigenvalue weighted by molar-refractivity contribution is 5.83. The topological polar surface area (TPSA) is 77.3 Å². The predicted octanol–water partition coefficient (Wildman–Crippen LogP) is 1.96. The van der Waals surface area contributed by atoms with Crippen LogP contribution in [0.25, 0.3) is 11.1 Å². The molecule has 0 aliphatic heterocycles. The molecule has 0 fully saturated rings. The maximum atomic E-state index is 5.40. The van der Waals surface area contributed by atoms with Crippen LogP contribution in [0.15, 0.2) is 47.6 Å². The summed E-state index contributed by atoms with van der Waals surface area (Å²) in [6, 6.07) is 11.9. The minimum Gasteiger partial charge on any atom is -0.370 e. The van der Waals surface area contributed by atoms with Crippen molar-refractivity contribution in [2.45, 2.75) is 6.92 Å². The van der Waals surface area contributed by atoms with Gasteiger partial charge < -0.3 is 11.5 Å². The van der Waals surface area contributed by atoms with Gasteiger partial charge in [0, 0.05) is 11.8 Å². The van der Waals surface area contributed by atoms with Crippen LogP contribution in [0.1, 0.15) is 5.56 Å². The van der Waals surface area contributed by atoms with Crippen LogP contribution in [0.2, 0.25) is 0 Å². The highest BCUT2D eigenvalue weighted by atomic mass is 15.0. The smallest absolute Gasteiger partial charge is 0.192 e. The Morgan fingerprint density at radius 2 is 1.88 bits per heavy atom. The van der Waals surface area contributed by atoms with Crippen LogP contribution in [0.5, 0.6) is 0 Å². The number of aromatic nitrogens is 1. The standard InChI is InChI=1S/C13H14N4/c1-9-7-11(10-5-3-2-4-6-10)12(16-8-9)17-13(14)15/h2-8H,1H3,(H4,14,15,16,17). The van der Waals surface area contributed by atoms with Crippen LogP contribution < -0.4 is 11.5 Å². The third kappa shape index (κ3) is 2.60. The lowest BCUT2D eigenvalue weighted by atomic mass is 10.1. The number of aryl methyl sites for hydroxylation is 1. The van der Waals surface area contributed by atoms with Gasteiger partial charge in [-0.2, -0.15) is 4.99 Å². The molecule has 1 heterocycles. The first kappa shape index (κ1) is 11.1. The van der Waals surface area contributed by atoms with E-state index in [0.717, 1.165) is 16.7 Å². The molecular weight excluding hydrogens is 212 g/mol. The van der Waals surface area contributed by atoms with Crippen molar-refractivity contribution in [1.82, 2.24) is 4.98 Å². The van der Waals surface area contributed by atoms with E-state index in [0.29, 0.717) is 5.82 Å². The summed E-state index contributed by atoms with van der Waals surface area (Å²) in [6.07, 6.45) is 1.74. The Balaban J connectivity index is 2.59. The maximum Gasteiger partial charge on any atom is 0.192 e. The van der Waals surface area contributed by atoms with E-state index in [-0.39, 0.29) is 5.96 Å². The normalized spacial score (nSPS) is 9.94. The van der Waals surface area contributed by atoms with E-state index in [1.54, 1.807) is 6.20 Å². The molecule has 0 amide bonds. The number of benzene rings is 1. The molecule has 0 bridgehead atoms. The Kier molecular flexibility index (Phi) is 3.05. The van der Waals surface area contributed by atoms with Gasteiger partial charge in [0.15, 0.2) is 11.8 Å². The second-order valence-electron chi connectivity index (χ2n) is 3.79. The Bertz CT molecular complexity index is 543. The molecular formula is C13H14N4. The van der Waals surface area contributed by atoms with Crippen molar-refractivity contribution >= 4 is 11.8 Å². The Hall–Kier alpha value is -2.36. The molecule has 2 rings (SSSR count). The van der Waals surface area contributed by atoms with Crippen LogP contribution >= 0.6 is 0 Å². The van der Waals surface area contributed by atoms with Gasteiger partial charge in [0.2, 0.25) is 0 Å². The zero-order chi connectivity index (χ0) is 12.3. The van der Waals surface area contributed by atoms with Gasteiger partial charge in [-0.1, -0.05) is 30.3 Å². The van der Waals surface area contributed by atoms with Gasteiger partial charge in [0.1, 0.15) is 0 Å². The molecule has 1 aromatic heterocycles. The van der Waals surface area contributed by atoms with Crippen molar-refractivity contribution in [2.24, 2.45) is 16.5 Å². The van der Waals surface area contributed by atoms with E-state index in [1.807, 2.05) is 43.3 Å². The molecule has 4 heteroatoms. The number of aliphatic imine (C=N–C) groups is 1. The zero-order valence-electron chi connectivity index (χ0n) is 9.59. The fourth-order valence-electron chi connectivity index (χ4n) is 1.60. The summed E-state index contributed by atoms with van der Waals surface area (Å²) >= 11 is 0. The highest BCUT2D eigenvalue weighted by Gasteiger charge is 2.06. The highest BCUT2D eigenvalue weighted by Crippen LogP contribution is 2.28. The number of nitrogens with two attached hydrogens (primary N) is 2. The molecule has 0 saturated heterocycles. The second-order valence-corrected chi connectivity index (χ2v) is 3.79. The van der Waals surface area contributed by atoms with Crippen LogP contribution in [0.3, 0.4) is 0 Å². The van der Waals surface area contributed by atoms with Crippen molar-refractivity contribution in [2.75, 3.05) is 0 Å². The third-order valence-electron chi connectivity index (χ3n) is 2.32. The van der Waals surface area contributed by atoms with Gasteiger partial charge in [-0.3, -0.25) is 0 Å². The lowest BCUT2D eigenvalue weighted by Gasteiger charge is -2.06. The van der Waals surface area contributed by atoms with Gasteiger partial charge >= 0.3 is 0 Å². The molecule has 0 aliphatic carbocycles. The van der Waals surface area contributed by atoms with Crippen molar-refractivity contribution in [3.8, 4) is 11.1 Å². The summed E-state index contributed by atoms with van der Waals surface area (Å²) < 4.78 is 0. The SMILES string of the molecule is Cc1cnc(N=C(N)N)c(-c2ccccc2)c1. The molecule has 1 aromatic carbocycles. The Morgan fingerprint density at radius 3 is 2.53 bits per heavy atom. The van der Waals surface area contributed by atoms with Crippen molar-refractivity contribution < 1.29 is 0 Å². The molecule has 2 aromatic rings. The average molecular weight is 226 g/mol. The van der Waals surface area contributed by atoms with Crippen molar-refractivity contribution in [3.63, 3.8) is 0 Å². The van der Waals surface area contributed by atoms with Crippen molar-refractivity contribution in [3.05, 3.63) is 48.2 Å². The summed E-state index contributed by atoms with van der Waals surface area (Å²) in [7, 11) is 0. The zero-order valence-corrected chi connectivity index (χ0v) is 9.59. The molecule has 17 heavy (non-hydrogen) atoms. The second kappa shape index (κ2) is 4.65. The molecule has 86 valence electrons. The maximum absolute atomic E-state index is 5.40. The number of pyridine rings is 1. The third-order valence-corrected chi connectivity index (χ3v) is 2.32. The number of hydrogen-bond acceptors (Lipinski definition) is 2. The Labute approximate surface area is 100 Å². The van der Waals surface area contributed by atoms with Crippen LogP contribution in [-0.2, 0) is 0 Å². The molecule has 0 saturated carbocycles. The van der Waals surface area contributed by atoms with E-state index >= 15 is 0 Å². The molecule has 4 nitrogen and oxygen atoms in total. The number of guanidine groups is 1. The average Bonchev–Trinajstić information content (AvgIpc) is 2.32. The van der Waals surface area contributed by atoms with Crippen molar-refractivity contribution in [1.29, 1.82) is 0 Å². The number of nitrogens with zero attached hydrogens (tertiary/aromatic N) is 2. The summed E-state index contributed by atoms with van der Waals surface area (Å²) in [5, 5.41) is 0. The summed E-state index contributed by atoms with van der Waals surface area (Å²) in [5.74, 6) is 0.556. The Morgan fingerprint density at radius 1 is 1.18 bits per heavy atom. The van der Waals surface area contributed by atoms with Crippen LogP contribution in [-0.4, -0.2) is 10.9 Å². The molecule has 4 N–H and O–H groups in total. The summed E-state index contributed by atoms with van der Waals surface area (Å²) in [6.45, 7) is 1.98. The van der Waals surface area contributed by atoms with Gasteiger partial charge in [0.25, 0.3) is 0 Å². The van der Waals surface area contributed by atoms with Gasteiger partial charge in [-0.05, 0) is 24.1 Å².